The van der Waals surface area contributed by atoms with Gasteiger partial charge in [0.1, 0.15) is 0 Å². The van der Waals surface area contributed by atoms with Gasteiger partial charge < -0.3 is 10.2 Å². The summed E-state index contributed by atoms with van der Waals surface area (Å²) in [6.45, 7) is 1.86. The number of carbonyl (C=O) groups excluding carboxylic acids is 1. The third-order valence-electron chi connectivity index (χ3n) is 4.40. The third kappa shape index (κ3) is 4.87. The Morgan fingerprint density at radius 2 is 1.93 bits per heavy atom. The highest BCUT2D eigenvalue weighted by Crippen LogP contribution is 2.27. The van der Waals surface area contributed by atoms with Crippen LogP contribution in [-0.4, -0.2) is 36.6 Å². The molecule has 1 unspecified atom stereocenters. The van der Waals surface area contributed by atoms with Crippen LogP contribution in [0.2, 0.25) is 5.02 Å². The van der Waals surface area contributed by atoms with Crippen LogP contribution in [0, 0.1) is 0 Å². The van der Waals surface area contributed by atoms with E-state index in [1.807, 2.05) is 25.1 Å². The molecule has 3 rings (SSSR count). The molecule has 29 heavy (non-hydrogen) atoms. The van der Waals surface area contributed by atoms with Crippen LogP contribution >= 0.6 is 11.6 Å². The second-order valence-corrected chi connectivity index (χ2v) is 8.45. The molecule has 8 nitrogen and oxygen atoms in total. The number of aromatic nitrogens is 2. The van der Waals surface area contributed by atoms with E-state index in [1.165, 1.54) is 29.4 Å². The maximum Gasteiger partial charge on any atom is 0.322 e. The number of urea groups is 1. The zero-order valence-electron chi connectivity index (χ0n) is 15.8. The highest BCUT2D eigenvalue weighted by molar-refractivity contribution is 7.92. The number of hydrogen-bond donors (Lipinski definition) is 3. The maximum atomic E-state index is 12.7. The minimum atomic E-state index is -3.82. The van der Waals surface area contributed by atoms with Crippen LogP contribution in [0.25, 0.3) is 0 Å². The summed E-state index contributed by atoms with van der Waals surface area (Å²) in [4.78, 5) is 14.2. The lowest BCUT2D eigenvalue weighted by molar-refractivity contribution is 0.208. The molecular formula is C19H20ClN5O3S. The van der Waals surface area contributed by atoms with Crippen molar-refractivity contribution in [2.24, 2.45) is 0 Å². The Morgan fingerprint density at radius 3 is 2.62 bits per heavy atom. The molecule has 0 fully saturated rings. The molecule has 0 bridgehead atoms. The van der Waals surface area contributed by atoms with Crippen molar-refractivity contribution < 1.29 is 13.2 Å². The lowest BCUT2D eigenvalue weighted by atomic mass is 10.1. The fourth-order valence-electron chi connectivity index (χ4n) is 2.67. The van der Waals surface area contributed by atoms with E-state index in [0.717, 1.165) is 5.56 Å². The highest BCUT2D eigenvalue weighted by Gasteiger charge is 2.20. The highest BCUT2D eigenvalue weighted by atomic mass is 35.5. The number of aromatic amines is 1. The Kier molecular flexibility index (Phi) is 6.09. The van der Waals surface area contributed by atoms with E-state index in [4.69, 9.17) is 11.6 Å². The average Bonchev–Trinajstić information content (AvgIpc) is 3.19. The number of benzene rings is 2. The number of hydrogen-bond acceptors (Lipinski definition) is 4. The van der Waals surface area contributed by atoms with Gasteiger partial charge in [0.15, 0.2) is 0 Å². The fraction of sp³-hybridized carbons (Fsp3) is 0.158. The second kappa shape index (κ2) is 8.54. The Labute approximate surface area is 173 Å². The van der Waals surface area contributed by atoms with Gasteiger partial charge in [-0.3, -0.25) is 9.82 Å². The normalized spacial score (nSPS) is 12.2. The molecule has 0 saturated heterocycles. The van der Waals surface area contributed by atoms with Crippen molar-refractivity contribution in [3.8, 4) is 0 Å². The molecule has 0 aliphatic carbocycles. The van der Waals surface area contributed by atoms with Crippen LogP contribution in [0.1, 0.15) is 18.5 Å². The largest absolute Gasteiger partial charge is 0.322 e. The van der Waals surface area contributed by atoms with E-state index >= 15 is 0 Å². The van der Waals surface area contributed by atoms with Crippen LogP contribution in [0.15, 0.2) is 65.8 Å². The first-order valence-corrected chi connectivity index (χ1v) is 10.5. The Morgan fingerprint density at radius 1 is 1.17 bits per heavy atom. The van der Waals surface area contributed by atoms with Crippen molar-refractivity contribution in [2.45, 2.75) is 17.9 Å². The molecular weight excluding hydrogens is 414 g/mol. The van der Waals surface area contributed by atoms with Gasteiger partial charge in [0.05, 0.1) is 22.8 Å². The summed E-state index contributed by atoms with van der Waals surface area (Å²) in [7, 11) is -2.18. The molecule has 1 atom stereocenters. The summed E-state index contributed by atoms with van der Waals surface area (Å²) in [5.41, 5.74) is 1.48. The molecule has 0 aliphatic rings. The molecule has 2 aromatic carbocycles. The zero-order chi connectivity index (χ0) is 21.0. The zero-order valence-corrected chi connectivity index (χ0v) is 17.3. The molecule has 0 saturated carbocycles. The van der Waals surface area contributed by atoms with Gasteiger partial charge in [-0.05, 0) is 36.8 Å². The van der Waals surface area contributed by atoms with Crippen molar-refractivity contribution in [2.75, 3.05) is 17.1 Å². The first-order valence-electron chi connectivity index (χ1n) is 8.68. The number of amides is 2. The van der Waals surface area contributed by atoms with Crippen LogP contribution in [0.4, 0.5) is 16.2 Å². The van der Waals surface area contributed by atoms with Crippen molar-refractivity contribution in [3.05, 3.63) is 71.5 Å². The van der Waals surface area contributed by atoms with Gasteiger partial charge >= 0.3 is 6.03 Å². The van der Waals surface area contributed by atoms with Gasteiger partial charge in [-0.15, -0.1) is 0 Å². The Bertz CT molecular complexity index is 1100. The maximum absolute atomic E-state index is 12.7. The van der Waals surface area contributed by atoms with Crippen LogP contribution in [-0.2, 0) is 10.0 Å². The van der Waals surface area contributed by atoms with Gasteiger partial charge in [-0.1, -0.05) is 35.9 Å². The molecule has 3 N–H and O–H groups in total. The number of rotatable bonds is 6. The van der Waals surface area contributed by atoms with E-state index in [2.05, 4.69) is 20.2 Å². The standard InChI is InChI=1S/C19H20ClN5O3S/c1-13(17-8-3-4-9-18(17)20)25(2)19(26)23-14-6-5-7-16(10-14)29(27,28)24-15-11-21-22-12-15/h3-13,24H,1-2H3,(H,21,22)(H,23,26). The van der Waals surface area contributed by atoms with E-state index in [9.17, 15) is 13.2 Å². The summed E-state index contributed by atoms with van der Waals surface area (Å²) in [6, 6.07) is 12.6. The summed E-state index contributed by atoms with van der Waals surface area (Å²) in [5.74, 6) is 0. The van der Waals surface area contributed by atoms with Crippen molar-refractivity contribution in [1.29, 1.82) is 0 Å². The molecule has 0 aliphatic heterocycles. The monoisotopic (exact) mass is 433 g/mol. The van der Waals surface area contributed by atoms with Crippen molar-refractivity contribution in [3.63, 3.8) is 0 Å². The van der Waals surface area contributed by atoms with Gasteiger partial charge in [0.25, 0.3) is 10.0 Å². The average molecular weight is 434 g/mol. The van der Waals surface area contributed by atoms with E-state index in [1.54, 1.807) is 25.2 Å². The molecule has 0 spiro atoms. The first kappa shape index (κ1) is 20.7. The smallest absolute Gasteiger partial charge is 0.321 e. The molecule has 3 aromatic rings. The van der Waals surface area contributed by atoms with Crippen LogP contribution < -0.4 is 10.0 Å². The van der Waals surface area contributed by atoms with Gasteiger partial charge in [-0.25, -0.2) is 13.2 Å². The topological polar surface area (TPSA) is 107 Å². The summed E-state index contributed by atoms with van der Waals surface area (Å²) >= 11 is 6.22. The second-order valence-electron chi connectivity index (χ2n) is 6.36. The van der Waals surface area contributed by atoms with Crippen molar-refractivity contribution >= 4 is 39.0 Å². The summed E-state index contributed by atoms with van der Waals surface area (Å²) in [5, 5.41) is 9.52. The van der Waals surface area contributed by atoms with E-state index in [-0.39, 0.29) is 10.9 Å². The number of nitrogens with zero attached hydrogens (tertiary/aromatic N) is 2. The Hall–Kier alpha value is -3.04. The van der Waals surface area contributed by atoms with E-state index < -0.39 is 16.1 Å². The van der Waals surface area contributed by atoms with E-state index in [0.29, 0.717) is 16.4 Å². The molecule has 2 amide bonds. The SMILES string of the molecule is CC(c1ccccc1Cl)N(C)C(=O)Nc1cccc(S(=O)(=O)Nc2cn[nH]c2)c1. The molecule has 0 radical (unpaired) electrons. The number of nitrogens with one attached hydrogen (secondary N) is 3. The Balaban J connectivity index is 1.74. The quantitative estimate of drug-likeness (QED) is 0.544. The predicted molar refractivity (Wildman–Crippen MR) is 112 cm³/mol. The summed E-state index contributed by atoms with van der Waals surface area (Å²) in [6.07, 6.45) is 2.78. The minimum absolute atomic E-state index is 0.0123. The number of anilines is 2. The number of sulfonamides is 1. The summed E-state index contributed by atoms with van der Waals surface area (Å²) < 4.78 is 27.4. The fourth-order valence-corrected chi connectivity index (χ4v) is 4.05. The molecule has 152 valence electrons. The lowest BCUT2D eigenvalue weighted by Crippen LogP contribution is -2.33. The minimum Gasteiger partial charge on any atom is -0.321 e. The van der Waals surface area contributed by atoms with Crippen LogP contribution in [0.3, 0.4) is 0 Å². The molecule has 10 heteroatoms. The van der Waals surface area contributed by atoms with Gasteiger partial charge in [0, 0.05) is 24.0 Å². The number of H-pyrrole nitrogens is 1. The molecule has 1 heterocycles. The predicted octanol–water partition coefficient (Wildman–Crippen LogP) is 4.09. The molecule has 1 aromatic heterocycles. The van der Waals surface area contributed by atoms with Gasteiger partial charge in [0.2, 0.25) is 0 Å². The van der Waals surface area contributed by atoms with Crippen LogP contribution in [0.5, 0.6) is 0 Å². The number of halogens is 1. The third-order valence-corrected chi connectivity index (χ3v) is 6.13. The lowest BCUT2D eigenvalue weighted by Gasteiger charge is -2.26. The number of carbonyl (C=O) groups is 1. The van der Waals surface area contributed by atoms with Crippen molar-refractivity contribution in [1.82, 2.24) is 15.1 Å². The van der Waals surface area contributed by atoms with Gasteiger partial charge in [-0.2, -0.15) is 5.10 Å². The first-order chi connectivity index (χ1) is 13.8.